The molecule has 1 atom stereocenters. The Kier molecular flexibility index (Phi) is 5.84. The molecule has 0 aromatic heterocycles. The number of benzene rings is 2. The largest absolute Gasteiger partial charge is 0.378 e. The monoisotopic (exact) mass is 374 g/mol. The molecule has 6 heteroatoms. The number of ether oxygens (including phenoxy) is 1. The molecule has 140 valence electrons. The van der Waals surface area contributed by atoms with Crippen LogP contribution in [-0.2, 0) is 14.8 Å². The fourth-order valence-electron chi connectivity index (χ4n) is 2.99. The molecule has 0 radical (unpaired) electrons. The van der Waals surface area contributed by atoms with Crippen LogP contribution in [-0.4, -0.2) is 34.7 Å². The Morgan fingerprint density at radius 3 is 2.23 bits per heavy atom. The van der Waals surface area contributed by atoms with Crippen LogP contribution in [0, 0.1) is 0 Å². The van der Waals surface area contributed by atoms with E-state index in [9.17, 15) is 8.42 Å². The summed E-state index contributed by atoms with van der Waals surface area (Å²) >= 11 is 0. The summed E-state index contributed by atoms with van der Waals surface area (Å²) in [5, 5.41) is 0. The maximum absolute atomic E-state index is 12.6. The Morgan fingerprint density at radius 1 is 1.04 bits per heavy atom. The van der Waals surface area contributed by atoms with Crippen LogP contribution in [0.4, 0.5) is 11.4 Å². The first kappa shape index (κ1) is 18.7. The van der Waals surface area contributed by atoms with Crippen molar-refractivity contribution in [3.8, 4) is 0 Å². The average molecular weight is 375 g/mol. The number of rotatable bonds is 6. The molecule has 2 aromatic carbocycles. The van der Waals surface area contributed by atoms with Crippen LogP contribution < -0.4 is 9.62 Å². The minimum atomic E-state index is -3.58. The minimum absolute atomic E-state index is 0.279. The van der Waals surface area contributed by atoms with Crippen molar-refractivity contribution in [2.24, 2.45) is 0 Å². The van der Waals surface area contributed by atoms with E-state index >= 15 is 0 Å². The van der Waals surface area contributed by atoms with Crippen LogP contribution in [0.15, 0.2) is 53.4 Å². The van der Waals surface area contributed by atoms with Gasteiger partial charge in [0.2, 0.25) is 0 Å². The first-order valence-corrected chi connectivity index (χ1v) is 10.5. The van der Waals surface area contributed by atoms with E-state index in [1.165, 1.54) is 0 Å². The van der Waals surface area contributed by atoms with Crippen molar-refractivity contribution in [2.75, 3.05) is 35.9 Å². The molecule has 0 aliphatic carbocycles. The highest BCUT2D eigenvalue weighted by Crippen LogP contribution is 2.23. The molecular formula is C20H26N2O3S. The number of hydrogen-bond acceptors (Lipinski definition) is 4. The van der Waals surface area contributed by atoms with E-state index in [2.05, 4.69) is 23.5 Å². The number of nitrogens with zero attached hydrogens (tertiary/aromatic N) is 1. The van der Waals surface area contributed by atoms with Gasteiger partial charge in [-0.15, -0.1) is 0 Å². The quantitative estimate of drug-likeness (QED) is 0.835. The predicted octanol–water partition coefficient (Wildman–Crippen LogP) is 3.84. The third kappa shape index (κ3) is 4.37. The lowest BCUT2D eigenvalue weighted by atomic mass is 9.99. The van der Waals surface area contributed by atoms with Gasteiger partial charge in [-0.3, -0.25) is 4.72 Å². The average Bonchev–Trinajstić information content (AvgIpc) is 2.68. The smallest absolute Gasteiger partial charge is 0.261 e. The van der Waals surface area contributed by atoms with Gasteiger partial charge in [-0.25, -0.2) is 8.42 Å². The summed E-state index contributed by atoms with van der Waals surface area (Å²) in [5.41, 5.74) is 2.79. The Labute approximate surface area is 156 Å². The van der Waals surface area contributed by atoms with Gasteiger partial charge in [0, 0.05) is 24.5 Å². The number of nitrogens with one attached hydrogen (secondary N) is 1. The number of anilines is 2. The maximum atomic E-state index is 12.6. The fourth-order valence-corrected chi connectivity index (χ4v) is 4.05. The lowest BCUT2D eigenvalue weighted by Gasteiger charge is -2.28. The van der Waals surface area contributed by atoms with Crippen LogP contribution in [0.2, 0.25) is 0 Å². The summed E-state index contributed by atoms with van der Waals surface area (Å²) in [6.45, 7) is 7.42. The SMILES string of the molecule is CC[C@@H](C)c1ccc(S(=O)(=O)Nc2ccc(N3CCOCC3)cc2)cc1. The van der Waals surface area contributed by atoms with E-state index in [0.717, 1.165) is 44.0 Å². The fraction of sp³-hybridized carbons (Fsp3) is 0.400. The molecule has 3 rings (SSSR count). The molecule has 1 saturated heterocycles. The second-order valence-electron chi connectivity index (χ2n) is 6.63. The topological polar surface area (TPSA) is 58.6 Å². The molecule has 1 aliphatic heterocycles. The van der Waals surface area contributed by atoms with Gasteiger partial charge in [-0.05, 0) is 54.3 Å². The summed E-state index contributed by atoms with van der Waals surface area (Å²) in [6, 6.07) is 14.6. The Hall–Kier alpha value is -2.05. The van der Waals surface area contributed by atoms with Crippen molar-refractivity contribution in [3.05, 3.63) is 54.1 Å². The lowest BCUT2D eigenvalue weighted by Crippen LogP contribution is -2.36. The van der Waals surface area contributed by atoms with Gasteiger partial charge >= 0.3 is 0 Å². The third-order valence-electron chi connectivity index (χ3n) is 4.87. The zero-order chi connectivity index (χ0) is 18.6. The van der Waals surface area contributed by atoms with Crippen molar-refractivity contribution in [3.63, 3.8) is 0 Å². The molecule has 0 saturated carbocycles. The molecule has 0 amide bonds. The standard InChI is InChI=1S/C20H26N2O3S/c1-3-16(2)17-4-10-20(11-5-17)26(23,24)21-18-6-8-19(9-7-18)22-12-14-25-15-13-22/h4-11,16,21H,3,12-15H2,1-2H3/t16-/m1/s1. The summed E-state index contributed by atoms with van der Waals surface area (Å²) in [5.74, 6) is 0.424. The molecule has 0 spiro atoms. The summed E-state index contributed by atoms with van der Waals surface area (Å²) in [7, 11) is -3.58. The molecule has 26 heavy (non-hydrogen) atoms. The molecule has 1 aliphatic rings. The highest BCUT2D eigenvalue weighted by atomic mass is 32.2. The van der Waals surface area contributed by atoms with Crippen molar-refractivity contribution in [2.45, 2.75) is 31.1 Å². The summed E-state index contributed by atoms with van der Waals surface area (Å²) < 4.78 is 33.2. The molecule has 0 unspecified atom stereocenters. The van der Waals surface area contributed by atoms with Crippen LogP contribution in [0.3, 0.4) is 0 Å². The zero-order valence-corrected chi connectivity index (χ0v) is 16.1. The maximum Gasteiger partial charge on any atom is 0.261 e. The molecule has 1 fully saturated rings. The van der Waals surface area contributed by atoms with Crippen molar-refractivity contribution in [1.82, 2.24) is 0 Å². The predicted molar refractivity (Wildman–Crippen MR) is 105 cm³/mol. The molecule has 2 aromatic rings. The van der Waals surface area contributed by atoms with Crippen LogP contribution in [0.5, 0.6) is 0 Å². The third-order valence-corrected chi connectivity index (χ3v) is 6.26. The Morgan fingerprint density at radius 2 is 1.65 bits per heavy atom. The first-order valence-electron chi connectivity index (χ1n) is 9.05. The van der Waals surface area contributed by atoms with E-state index in [-0.39, 0.29) is 4.90 Å². The lowest BCUT2D eigenvalue weighted by molar-refractivity contribution is 0.122. The normalized spacial score (nSPS) is 16.3. The molecule has 1 heterocycles. The Balaban J connectivity index is 1.70. The van der Waals surface area contributed by atoms with Crippen LogP contribution in [0.1, 0.15) is 31.7 Å². The molecule has 5 nitrogen and oxygen atoms in total. The number of hydrogen-bond donors (Lipinski definition) is 1. The van der Waals surface area contributed by atoms with E-state index < -0.39 is 10.0 Å². The van der Waals surface area contributed by atoms with Gasteiger partial charge in [0.15, 0.2) is 0 Å². The first-order chi connectivity index (χ1) is 12.5. The number of morpholine rings is 1. The highest BCUT2D eigenvalue weighted by molar-refractivity contribution is 7.92. The second-order valence-corrected chi connectivity index (χ2v) is 8.31. The van der Waals surface area contributed by atoms with Crippen molar-refractivity contribution < 1.29 is 13.2 Å². The minimum Gasteiger partial charge on any atom is -0.378 e. The molecular weight excluding hydrogens is 348 g/mol. The van der Waals surface area contributed by atoms with Gasteiger partial charge in [0.1, 0.15) is 0 Å². The van der Waals surface area contributed by atoms with E-state index in [1.807, 2.05) is 24.3 Å². The van der Waals surface area contributed by atoms with Gasteiger partial charge < -0.3 is 9.64 Å². The van der Waals surface area contributed by atoms with Gasteiger partial charge in [0.05, 0.1) is 18.1 Å². The van der Waals surface area contributed by atoms with Crippen LogP contribution in [0.25, 0.3) is 0 Å². The molecule has 1 N–H and O–H groups in total. The zero-order valence-electron chi connectivity index (χ0n) is 15.3. The van der Waals surface area contributed by atoms with E-state index in [4.69, 9.17) is 4.74 Å². The van der Waals surface area contributed by atoms with Crippen molar-refractivity contribution in [1.29, 1.82) is 0 Å². The number of sulfonamides is 1. The van der Waals surface area contributed by atoms with E-state index in [0.29, 0.717) is 11.6 Å². The van der Waals surface area contributed by atoms with Gasteiger partial charge in [-0.1, -0.05) is 26.0 Å². The summed E-state index contributed by atoms with van der Waals surface area (Å²) in [6.07, 6.45) is 1.03. The van der Waals surface area contributed by atoms with E-state index in [1.54, 1.807) is 24.3 Å². The van der Waals surface area contributed by atoms with Gasteiger partial charge in [0.25, 0.3) is 10.0 Å². The van der Waals surface area contributed by atoms with Crippen molar-refractivity contribution >= 4 is 21.4 Å². The Bertz CT molecular complexity index is 811. The highest BCUT2D eigenvalue weighted by Gasteiger charge is 2.16. The van der Waals surface area contributed by atoms with Crippen LogP contribution >= 0.6 is 0 Å². The van der Waals surface area contributed by atoms with Gasteiger partial charge in [-0.2, -0.15) is 0 Å². The molecule has 0 bridgehead atoms. The summed E-state index contributed by atoms with van der Waals surface area (Å²) in [4.78, 5) is 2.51. The second kappa shape index (κ2) is 8.10.